The number of carbonyl (C=O) groups excluding carboxylic acids is 1. The number of hydrogen-bond acceptors (Lipinski definition) is 3. The van der Waals surface area contributed by atoms with E-state index in [0.29, 0.717) is 0 Å². The van der Waals surface area contributed by atoms with E-state index in [1.54, 1.807) is 0 Å². The van der Waals surface area contributed by atoms with E-state index in [9.17, 15) is 4.79 Å². The molecule has 0 heterocycles. The Balaban J connectivity index is 1.48. The Morgan fingerprint density at radius 3 is 1.83 bits per heavy atom. The van der Waals surface area contributed by atoms with Crippen molar-refractivity contribution in [1.82, 2.24) is 0 Å². The second-order valence-electron chi connectivity index (χ2n) is 6.65. The average Bonchev–Trinajstić information content (AvgIpc) is 2.81. The van der Waals surface area contributed by atoms with Gasteiger partial charge in [0.1, 0.15) is 16.7 Å². The van der Waals surface area contributed by atoms with Crippen molar-refractivity contribution in [2.24, 2.45) is 0 Å². The summed E-state index contributed by atoms with van der Waals surface area (Å²) in [6.07, 6.45) is 0. The Bertz CT molecular complexity index is 1070. The van der Waals surface area contributed by atoms with Crippen LogP contribution in [0, 0.1) is 0 Å². The zero-order chi connectivity index (χ0) is 20.6. The molecular weight excluding hydrogens is 390 g/mol. The summed E-state index contributed by atoms with van der Waals surface area (Å²) in [6, 6.07) is 36.8. The van der Waals surface area contributed by atoms with Crippen LogP contribution in [-0.4, -0.2) is 5.91 Å². The molecule has 0 aliphatic rings. The topological polar surface area (TPSA) is 38.3 Å². The third-order valence-electron chi connectivity index (χ3n) is 4.44. The first-order chi connectivity index (χ1) is 14.8. The van der Waals surface area contributed by atoms with Gasteiger partial charge in [0.05, 0.1) is 0 Å². The van der Waals surface area contributed by atoms with E-state index in [0.717, 1.165) is 27.6 Å². The number of amides is 1. The fourth-order valence-corrected chi connectivity index (χ4v) is 4.02. The van der Waals surface area contributed by atoms with Crippen LogP contribution in [0.15, 0.2) is 120 Å². The highest BCUT2D eigenvalue weighted by Crippen LogP contribution is 2.36. The quantitative estimate of drug-likeness (QED) is 0.334. The van der Waals surface area contributed by atoms with Gasteiger partial charge in [-0.3, -0.25) is 4.79 Å². The van der Waals surface area contributed by atoms with Crippen molar-refractivity contribution in [3.63, 3.8) is 0 Å². The largest absolute Gasteiger partial charge is 0.457 e. The molecule has 4 aromatic rings. The molecule has 1 unspecified atom stereocenters. The first kappa shape index (κ1) is 19.8. The molecule has 0 saturated carbocycles. The van der Waals surface area contributed by atoms with Gasteiger partial charge in [0.2, 0.25) is 5.91 Å². The molecule has 0 bridgehead atoms. The number of hydrogen-bond donors (Lipinski definition) is 1. The van der Waals surface area contributed by atoms with Crippen molar-refractivity contribution >= 4 is 23.4 Å². The molecule has 3 nitrogen and oxygen atoms in total. The van der Waals surface area contributed by atoms with Gasteiger partial charge in [-0.05, 0) is 54.1 Å². The lowest BCUT2D eigenvalue weighted by molar-refractivity contribution is -0.115. The smallest absolute Gasteiger partial charge is 0.242 e. The number of carbonyl (C=O) groups is 1. The second-order valence-corrected chi connectivity index (χ2v) is 7.83. The average molecular weight is 412 g/mol. The third-order valence-corrected chi connectivity index (χ3v) is 5.70. The molecule has 4 aromatic carbocycles. The zero-order valence-corrected chi connectivity index (χ0v) is 17.1. The summed E-state index contributed by atoms with van der Waals surface area (Å²) in [6.45, 7) is 0. The standard InChI is InChI=1S/C26H21NO2S/c28-26(25(20-10-4-1-5-11-20)30-24-14-8-3-9-15-24)27-21-16-18-23(19-17-21)29-22-12-6-2-7-13-22/h1-19,25H,(H,27,28). The van der Waals surface area contributed by atoms with Crippen LogP contribution < -0.4 is 10.1 Å². The predicted octanol–water partition coefficient (Wildman–Crippen LogP) is 6.95. The Kier molecular flexibility index (Phi) is 6.47. The molecule has 0 aliphatic heterocycles. The number of rotatable bonds is 7. The first-order valence-corrected chi connectivity index (χ1v) is 10.6. The minimum atomic E-state index is -0.353. The van der Waals surface area contributed by atoms with Crippen LogP contribution in [0.25, 0.3) is 0 Å². The number of thioether (sulfide) groups is 1. The lowest BCUT2D eigenvalue weighted by atomic mass is 10.1. The van der Waals surface area contributed by atoms with Crippen LogP contribution in [0.4, 0.5) is 5.69 Å². The predicted molar refractivity (Wildman–Crippen MR) is 123 cm³/mol. The van der Waals surface area contributed by atoms with E-state index in [4.69, 9.17) is 4.74 Å². The summed E-state index contributed by atoms with van der Waals surface area (Å²) < 4.78 is 5.82. The van der Waals surface area contributed by atoms with Crippen molar-refractivity contribution in [3.05, 3.63) is 121 Å². The number of nitrogens with one attached hydrogen (secondary N) is 1. The van der Waals surface area contributed by atoms with E-state index in [-0.39, 0.29) is 11.2 Å². The SMILES string of the molecule is O=C(Nc1ccc(Oc2ccccc2)cc1)C(Sc1ccccc1)c1ccccc1. The number of anilines is 1. The molecule has 148 valence electrons. The minimum absolute atomic E-state index is 0.0632. The maximum absolute atomic E-state index is 13.1. The van der Waals surface area contributed by atoms with Crippen molar-refractivity contribution in [2.45, 2.75) is 10.1 Å². The number of para-hydroxylation sites is 1. The van der Waals surface area contributed by atoms with Gasteiger partial charge in [-0.15, -0.1) is 11.8 Å². The molecule has 0 spiro atoms. The van der Waals surface area contributed by atoms with Gasteiger partial charge in [0.15, 0.2) is 0 Å². The fraction of sp³-hybridized carbons (Fsp3) is 0.0385. The summed E-state index contributed by atoms with van der Waals surface area (Å²) in [5, 5.41) is 2.68. The Hall–Kier alpha value is -3.50. The maximum atomic E-state index is 13.1. The highest BCUT2D eigenvalue weighted by Gasteiger charge is 2.22. The molecule has 1 amide bonds. The van der Waals surface area contributed by atoms with E-state index in [1.807, 2.05) is 115 Å². The lowest BCUT2D eigenvalue weighted by Gasteiger charge is -2.17. The number of ether oxygens (including phenoxy) is 1. The Morgan fingerprint density at radius 1 is 0.667 bits per heavy atom. The molecule has 4 heteroatoms. The van der Waals surface area contributed by atoms with Crippen LogP contribution in [0.5, 0.6) is 11.5 Å². The summed E-state index contributed by atoms with van der Waals surface area (Å²) in [5.41, 5.74) is 1.70. The Labute approximate surface area is 180 Å². The molecule has 0 aromatic heterocycles. The maximum Gasteiger partial charge on any atom is 0.242 e. The zero-order valence-electron chi connectivity index (χ0n) is 16.3. The highest BCUT2D eigenvalue weighted by atomic mass is 32.2. The van der Waals surface area contributed by atoms with Crippen molar-refractivity contribution < 1.29 is 9.53 Å². The van der Waals surface area contributed by atoms with Gasteiger partial charge in [0, 0.05) is 10.6 Å². The van der Waals surface area contributed by atoms with E-state index in [1.165, 1.54) is 11.8 Å². The molecule has 0 radical (unpaired) electrons. The van der Waals surface area contributed by atoms with Crippen molar-refractivity contribution in [3.8, 4) is 11.5 Å². The normalized spacial score (nSPS) is 11.5. The van der Waals surface area contributed by atoms with Crippen LogP contribution in [-0.2, 0) is 4.79 Å². The van der Waals surface area contributed by atoms with Gasteiger partial charge in [-0.1, -0.05) is 66.7 Å². The van der Waals surface area contributed by atoms with Gasteiger partial charge in [-0.25, -0.2) is 0 Å². The van der Waals surface area contributed by atoms with E-state index < -0.39 is 0 Å². The van der Waals surface area contributed by atoms with Crippen LogP contribution >= 0.6 is 11.8 Å². The highest BCUT2D eigenvalue weighted by molar-refractivity contribution is 8.00. The van der Waals surface area contributed by atoms with Crippen molar-refractivity contribution in [2.75, 3.05) is 5.32 Å². The minimum Gasteiger partial charge on any atom is -0.457 e. The van der Waals surface area contributed by atoms with Crippen LogP contribution in [0.2, 0.25) is 0 Å². The molecule has 4 rings (SSSR count). The summed E-state index contributed by atoms with van der Waals surface area (Å²) in [4.78, 5) is 14.2. The third kappa shape index (κ3) is 5.31. The summed E-state index contributed by atoms with van der Waals surface area (Å²) in [5.74, 6) is 1.43. The molecule has 0 fully saturated rings. The second kappa shape index (κ2) is 9.81. The molecule has 1 N–H and O–H groups in total. The first-order valence-electron chi connectivity index (χ1n) is 9.68. The number of benzene rings is 4. The molecule has 1 atom stereocenters. The Morgan fingerprint density at radius 2 is 1.20 bits per heavy atom. The van der Waals surface area contributed by atoms with E-state index >= 15 is 0 Å². The molecule has 30 heavy (non-hydrogen) atoms. The van der Waals surface area contributed by atoms with Crippen molar-refractivity contribution in [1.29, 1.82) is 0 Å². The van der Waals surface area contributed by atoms with Gasteiger partial charge in [0.25, 0.3) is 0 Å². The fourth-order valence-electron chi connectivity index (χ4n) is 2.97. The molecule has 0 aliphatic carbocycles. The van der Waals surface area contributed by atoms with Gasteiger partial charge < -0.3 is 10.1 Å². The molecular formula is C26H21NO2S. The van der Waals surface area contributed by atoms with Crippen LogP contribution in [0.1, 0.15) is 10.8 Å². The molecule has 0 saturated heterocycles. The van der Waals surface area contributed by atoms with E-state index in [2.05, 4.69) is 5.32 Å². The summed E-state index contributed by atoms with van der Waals surface area (Å²) in [7, 11) is 0. The lowest BCUT2D eigenvalue weighted by Crippen LogP contribution is -2.19. The summed E-state index contributed by atoms with van der Waals surface area (Å²) >= 11 is 1.54. The van der Waals surface area contributed by atoms with Gasteiger partial charge >= 0.3 is 0 Å². The monoisotopic (exact) mass is 411 g/mol. The van der Waals surface area contributed by atoms with Crippen LogP contribution in [0.3, 0.4) is 0 Å². The van der Waals surface area contributed by atoms with Gasteiger partial charge in [-0.2, -0.15) is 0 Å².